The SMILES string of the molecule is COc1cc2c(cc1OC)CN(C(=O)COC(=O)c1cc(Br)ccc1O)CC2. The van der Waals surface area contributed by atoms with Gasteiger partial charge in [-0.2, -0.15) is 0 Å². The second-order valence-electron chi connectivity index (χ2n) is 6.28. The molecule has 148 valence electrons. The van der Waals surface area contributed by atoms with Crippen LogP contribution in [0.4, 0.5) is 0 Å². The van der Waals surface area contributed by atoms with E-state index in [2.05, 4.69) is 15.9 Å². The smallest absolute Gasteiger partial charge is 0.342 e. The van der Waals surface area contributed by atoms with Gasteiger partial charge in [0.05, 0.1) is 14.2 Å². The highest BCUT2D eigenvalue weighted by Crippen LogP contribution is 2.33. The van der Waals surface area contributed by atoms with Gasteiger partial charge < -0.3 is 24.2 Å². The summed E-state index contributed by atoms with van der Waals surface area (Å²) in [5.74, 6) is 0.00344. The van der Waals surface area contributed by atoms with Crippen molar-refractivity contribution in [3.05, 3.63) is 51.5 Å². The number of rotatable bonds is 5. The topological polar surface area (TPSA) is 85.3 Å². The molecule has 2 aromatic carbocycles. The van der Waals surface area contributed by atoms with Crippen LogP contribution in [0.1, 0.15) is 21.5 Å². The van der Waals surface area contributed by atoms with Gasteiger partial charge in [0.1, 0.15) is 11.3 Å². The van der Waals surface area contributed by atoms with Crippen molar-refractivity contribution in [2.45, 2.75) is 13.0 Å². The maximum atomic E-state index is 12.5. The Balaban J connectivity index is 1.65. The molecule has 0 bridgehead atoms. The third kappa shape index (κ3) is 4.22. The Morgan fingerprint density at radius 3 is 2.46 bits per heavy atom. The number of benzene rings is 2. The van der Waals surface area contributed by atoms with Crippen LogP contribution in [0.5, 0.6) is 17.2 Å². The third-order valence-electron chi connectivity index (χ3n) is 4.58. The molecule has 0 saturated carbocycles. The molecule has 0 aliphatic carbocycles. The average Bonchev–Trinajstić information content (AvgIpc) is 2.71. The van der Waals surface area contributed by atoms with Crippen LogP contribution < -0.4 is 9.47 Å². The molecule has 28 heavy (non-hydrogen) atoms. The summed E-state index contributed by atoms with van der Waals surface area (Å²) in [6.45, 7) is 0.516. The Hall–Kier alpha value is -2.74. The van der Waals surface area contributed by atoms with Crippen LogP contribution in [0.3, 0.4) is 0 Å². The highest BCUT2D eigenvalue weighted by molar-refractivity contribution is 9.10. The van der Waals surface area contributed by atoms with Crippen LogP contribution in [0, 0.1) is 0 Å². The molecule has 1 amide bonds. The van der Waals surface area contributed by atoms with E-state index in [9.17, 15) is 14.7 Å². The minimum absolute atomic E-state index is 0.00277. The van der Waals surface area contributed by atoms with Gasteiger partial charge in [-0.25, -0.2) is 4.79 Å². The molecule has 0 spiro atoms. The Labute approximate surface area is 170 Å². The van der Waals surface area contributed by atoms with Gasteiger partial charge in [0.2, 0.25) is 0 Å². The number of ether oxygens (including phenoxy) is 3. The van der Waals surface area contributed by atoms with Gasteiger partial charge in [-0.1, -0.05) is 15.9 Å². The molecule has 1 N–H and O–H groups in total. The van der Waals surface area contributed by atoms with Crippen molar-refractivity contribution in [3.63, 3.8) is 0 Å². The summed E-state index contributed by atoms with van der Waals surface area (Å²) in [4.78, 5) is 26.3. The molecule has 0 saturated heterocycles. The lowest BCUT2D eigenvalue weighted by atomic mass is 9.99. The van der Waals surface area contributed by atoms with E-state index >= 15 is 0 Å². The van der Waals surface area contributed by atoms with Crippen molar-refractivity contribution < 1.29 is 28.9 Å². The molecule has 1 aliphatic heterocycles. The second-order valence-corrected chi connectivity index (χ2v) is 7.19. The van der Waals surface area contributed by atoms with Crippen LogP contribution in [0.2, 0.25) is 0 Å². The maximum Gasteiger partial charge on any atom is 0.342 e. The van der Waals surface area contributed by atoms with Crippen LogP contribution >= 0.6 is 15.9 Å². The zero-order valence-electron chi connectivity index (χ0n) is 15.5. The predicted octanol–water partition coefficient (Wildman–Crippen LogP) is 2.91. The fourth-order valence-corrected chi connectivity index (χ4v) is 3.43. The summed E-state index contributed by atoms with van der Waals surface area (Å²) in [7, 11) is 3.15. The highest BCUT2D eigenvalue weighted by Gasteiger charge is 2.24. The zero-order chi connectivity index (χ0) is 20.3. The lowest BCUT2D eigenvalue weighted by molar-refractivity contribution is -0.135. The number of hydrogen-bond donors (Lipinski definition) is 1. The summed E-state index contributed by atoms with van der Waals surface area (Å²) in [6.07, 6.45) is 0.668. The molecule has 0 atom stereocenters. The molecule has 7 nitrogen and oxygen atoms in total. The number of methoxy groups -OCH3 is 2. The number of esters is 1. The van der Waals surface area contributed by atoms with Gasteiger partial charge in [-0.05, 0) is 47.9 Å². The number of aromatic hydroxyl groups is 1. The van der Waals surface area contributed by atoms with Crippen LogP contribution in [0.15, 0.2) is 34.8 Å². The summed E-state index contributed by atoms with van der Waals surface area (Å²) >= 11 is 3.23. The number of carbonyl (C=O) groups is 2. The Bertz CT molecular complexity index is 914. The van der Waals surface area contributed by atoms with E-state index in [1.807, 2.05) is 12.1 Å². The Kier molecular flexibility index (Phi) is 6.08. The van der Waals surface area contributed by atoms with Crippen LogP contribution in [-0.4, -0.2) is 49.3 Å². The van der Waals surface area contributed by atoms with E-state index in [0.717, 1.165) is 11.1 Å². The van der Waals surface area contributed by atoms with E-state index in [4.69, 9.17) is 14.2 Å². The fourth-order valence-electron chi connectivity index (χ4n) is 3.06. The first kappa shape index (κ1) is 20.0. The van der Waals surface area contributed by atoms with E-state index in [-0.39, 0.29) is 17.2 Å². The van der Waals surface area contributed by atoms with Crippen LogP contribution in [-0.2, 0) is 22.5 Å². The quantitative estimate of drug-likeness (QED) is 0.706. The summed E-state index contributed by atoms with van der Waals surface area (Å²) in [5.41, 5.74) is 2.06. The van der Waals surface area contributed by atoms with Crippen molar-refractivity contribution in [2.75, 3.05) is 27.4 Å². The Morgan fingerprint density at radius 1 is 1.11 bits per heavy atom. The molecule has 0 aromatic heterocycles. The van der Waals surface area contributed by atoms with Crippen molar-refractivity contribution in [3.8, 4) is 17.2 Å². The molecule has 1 heterocycles. The fraction of sp³-hybridized carbons (Fsp3) is 0.300. The number of fused-ring (bicyclic) bond motifs is 1. The molecule has 8 heteroatoms. The molecule has 0 fully saturated rings. The van der Waals surface area contributed by atoms with Gasteiger partial charge in [-0.3, -0.25) is 4.79 Å². The van der Waals surface area contributed by atoms with E-state index in [0.29, 0.717) is 35.5 Å². The molecule has 0 radical (unpaired) electrons. The standard InChI is InChI=1S/C20H20BrNO6/c1-26-17-7-12-5-6-22(10-13(12)8-18(17)27-2)19(24)11-28-20(25)15-9-14(21)3-4-16(15)23/h3-4,7-9,23H,5-6,10-11H2,1-2H3. The number of halogens is 1. The first-order chi connectivity index (χ1) is 13.4. The summed E-state index contributed by atoms with van der Waals surface area (Å²) in [5, 5.41) is 9.78. The van der Waals surface area contributed by atoms with Gasteiger partial charge in [-0.15, -0.1) is 0 Å². The lowest BCUT2D eigenvalue weighted by Crippen LogP contribution is -2.38. The zero-order valence-corrected chi connectivity index (χ0v) is 17.1. The largest absolute Gasteiger partial charge is 0.507 e. The number of carbonyl (C=O) groups excluding carboxylic acids is 2. The number of hydrogen-bond acceptors (Lipinski definition) is 6. The van der Waals surface area contributed by atoms with Gasteiger partial charge in [0.15, 0.2) is 18.1 Å². The number of phenolic OH excluding ortho intramolecular Hbond substituents is 1. The molecule has 3 rings (SSSR count). The highest BCUT2D eigenvalue weighted by atomic mass is 79.9. The van der Waals surface area contributed by atoms with Crippen molar-refractivity contribution in [2.24, 2.45) is 0 Å². The molecule has 0 unspecified atom stereocenters. The monoisotopic (exact) mass is 449 g/mol. The minimum Gasteiger partial charge on any atom is -0.507 e. The van der Waals surface area contributed by atoms with Gasteiger partial charge in [0.25, 0.3) is 5.91 Å². The van der Waals surface area contributed by atoms with Gasteiger partial charge >= 0.3 is 5.97 Å². The van der Waals surface area contributed by atoms with E-state index < -0.39 is 12.6 Å². The van der Waals surface area contributed by atoms with Crippen molar-refractivity contribution in [1.82, 2.24) is 4.90 Å². The predicted molar refractivity (Wildman–Crippen MR) is 105 cm³/mol. The summed E-state index contributed by atoms with van der Waals surface area (Å²) < 4.78 is 16.4. The van der Waals surface area contributed by atoms with Gasteiger partial charge in [0, 0.05) is 17.6 Å². The normalized spacial score (nSPS) is 12.9. The maximum absolute atomic E-state index is 12.5. The van der Waals surface area contributed by atoms with Crippen molar-refractivity contribution in [1.29, 1.82) is 0 Å². The van der Waals surface area contributed by atoms with Crippen LogP contribution in [0.25, 0.3) is 0 Å². The van der Waals surface area contributed by atoms with E-state index in [1.54, 1.807) is 25.2 Å². The number of nitrogens with zero attached hydrogens (tertiary/aromatic N) is 1. The molecule has 2 aromatic rings. The minimum atomic E-state index is -0.754. The van der Waals surface area contributed by atoms with Crippen molar-refractivity contribution >= 4 is 27.8 Å². The Morgan fingerprint density at radius 2 is 1.79 bits per heavy atom. The first-order valence-corrected chi connectivity index (χ1v) is 9.39. The average molecular weight is 450 g/mol. The number of phenols is 1. The molecule has 1 aliphatic rings. The lowest BCUT2D eigenvalue weighted by Gasteiger charge is -2.29. The third-order valence-corrected chi connectivity index (χ3v) is 5.07. The molecular weight excluding hydrogens is 430 g/mol. The first-order valence-electron chi connectivity index (χ1n) is 8.60. The second kappa shape index (κ2) is 8.52. The summed E-state index contributed by atoms with van der Waals surface area (Å²) in [6, 6.07) is 8.21. The number of amides is 1. The molecular formula is C20H20BrNO6. The van der Waals surface area contributed by atoms with E-state index in [1.165, 1.54) is 12.1 Å².